The van der Waals surface area contributed by atoms with Gasteiger partial charge in [-0.1, -0.05) is 6.08 Å². The molecule has 27 heavy (non-hydrogen) atoms. The third-order valence-electron chi connectivity index (χ3n) is 4.04. The molecule has 0 aliphatic heterocycles. The molecule has 0 N–H and O–H groups in total. The van der Waals surface area contributed by atoms with Gasteiger partial charge in [-0.05, 0) is 42.3 Å². The Morgan fingerprint density at radius 2 is 1.96 bits per heavy atom. The van der Waals surface area contributed by atoms with E-state index in [1.165, 1.54) is 37.4 Å². The van der Waals surface area contributed by atoms with Crippen molar-refractivity contribution in [2.75, 3.05) is 7.11 Å². The van der Waals surface area contributed by atoms with Crippen molar-refractivity contribution in [3.63, 3.8) is 0 Å². The van der Waals surface area contributed by atoms with Gasteiger partial charge in [0, 0.05) is 23.1 Å². The SMILES string of the molecule is C=CCc1cc(OC)c2oc(=O)c(C(=O)c3ccc([N+](=O)[O-])cc3)cc2c1. The summed E-state index contributed by atoms with van der Waals surface area (Å²) in [5.41, 5.74) is 0.180. The molecule has 136 valence electrons. The molecule has 7 heteroatoms. The molecule has 1 aromatic heterocycles. The molecule has 0 radical (unpaired) electrons. The van der Waals surface area contributed by atoms with Gasteiger partial charge in [0.2, 0.25) is 0 Å². The summed E-state index contributed by atoms with van der Waals surface area (Å²) in [6.07, 6.45) is 2.31. The van der Waals surface area contributed by atoms with Crippen LogP contribution in [0.4, 0.5) is 5.69 Å². The topological polar surface area (TPSA) is 99.7 Å². The molecule has 0 amide bonds. The average Bonchev–Trinajstić information content (AvgIpc) is 2.67. The van der Waals surface area contributed by atoms with E-state index in [0.29, 0.717) is 17.6 Å². The first-order valence-corrected chi connectivity index (χ1v) is 7.99. The lowest BCUT2D eigenvalue weighted by atomic mass is 10.0. The number of hydrogen-bond donors (Lipinski definition) is 0. The number of ketones is 1. The van der Waals surface area contributed by atoms with Crippen molar-refractivity contribution >= 4 is 22.4 Å². The number of nitro benzene ring substituents is 1. The van der Waals surface area contributed by atoms with Crippen molar-refractivity contribution in [2.24, 2.45) is 0 Å². The van der Waals surface area contributed by atoms with E-state index in [1.54, 1.807) is 18.2 Å². The maximum absolute atomic E-state index is 12.7. The van der Waals surface area contributed by atoms with Crippen LogP contribution in [0, 0.1) is 10.1 Å². The van der Waals surface area contributed by atoms with Crippen molar-refractivity contribution in [3.8, 4) is 5.75 Å². The summed E-state index contributed by atoms with van der Waals surface area (Å²) in [4.78, 5) is 35.2. The van der Waals surface area contributed by atoms with E-state index in [0.717, 1.165) is 5.56 Å². The van der Waals surface area contributed by atoms with Gasteiger partial charge in [-0.3, -0.25) is 14.9 Å². The normalized spacial score (nSPS) is 10.6. The smallest absolute Gasteiger partial charge is 0.347 e. The van der Waals surface area contributed by atoms with Crippen LogP contribution in [0.5, 0.6) is 5.75 Å². The quantitative estimate of drug-likeness (QED) is 0.217. The first-order chi connectivity index (χ1) is 12.9. The van der Waals surface area contributed by atoms with Crippen LogP contribution in [0.25, 0.3) is 11.0 Å². The Morgan fingerprint density at radius 1 is 1.26 bits per heavy atom. The lowest BCUT2D eigenvalue weighted by Gasteiger charge is -2.08. The third kappa shape index (κ3) is 3.48. The van der Waals surface area contributed by atoms with Crippen LogP contribution in [0.2, 0.25) is 0 Å². The highest BCUT2D eigenvalue weighted by molar-refractivity contribution is 6.10. The summed E-state index contributed by atoms with van der Waals surface area (Å²) in [5.74, 6) is -0.190. The second kappa shape index (κ2) is 7.25. The van der Waals surface area contributed by atoms with Crippen molar-refractivity contribution in [2.45, 2.75) is 6.42 Å². The van der Waals surface area contributed by atoms with Gasteiger partial charge in [-0.2, -0.15) is 0 Å². The van der Waals surface area contributed by atoms with Crippen LogP contribution in [-0.2, 0) is 6.42 Å². The maximum Gasteiger partial charge on any atom is 0.347 e. The molecule has 1 heterocycles. The van der Waals surface area contributed by atoms with Crippen molar-refractivity contribution in [1.29, 1.82) is 0 Å². The van der Waals surface area contributed by atoms with E-state index in [1.807, 2.05) is 0 Å². The zero-order valence-electron chi connectivity index (χ0n) is 14.4. The number of nitrogens with zero attached hydrogens (tertiary/aromatic N) is 1. The van der Waals surface area contributed by atoms with E-state index in [9.17, 15) is 19.7 Å². The summed E-state index contributed by atoms with van der Waals surface area (Å²) in [6.45, 7) is 3.69. The number of ether oxygens (including phenoxy) is 1. The minimum Gasteiger partial charge on any atom is -0.493 e. The molecule has 0 aliphatic rings. The van der Waals surface area contributed by atoms with Gasteiger partial charge in [-0.15, -0.1) is 6.58 Å². The Kier molecular flexibility index (Phi) is 4.85. The number of benzene rings is 2. The summed E-state index contributed by atoms with van der Waals surface area (Å²) in [7, 11) is 1.46. The van der Waals surface area contributed by atoms with Crippen LogP contribution >= 0.6 is 0 Å². The van der Waals surface area contributed by atoms with Crippen LogP contribution in [0.3, 0.4) is 0 Å². The zero-order chi connectivity index (χ0) is 19.6. The molecular weight excluding hydrogens is 350 g/mol. The molecule has 7 nitrogen and oxygen atoms in total. The number of carbonyl (C=O) groups excluding carboxylic acids is 1. The number of allylic oxidation sites excluding steroid dienone is 1. The van der Waals surface area contributed by atoms with Crippen LogP contribution in [0.15, 0.2) is 64.3 Å². The number of carbonyl (C=O) groups is 1. The summed E-state index contributed by atoms with van der Waals surface area (Å²) in [5, 5.41) is 11.3. The number of rotatable bonds is 6. The molecule has 0 saturated carbocycles. The molecule has 3 aromatic rings. The molecule has 2 aromatic carbocycles. The van der Waals surface area contributed by atoms with E-state index < -0.39 is 16.3 Å². The Bertz CT molecular complexity index is 1110. The second-order valence-corrected chi connectivity index (χ2v) is 5.79. The van der Waals surface area contributed by atoms with Crippen molar-refractivity contribution in [1.82, 2.24) is 0 Å². The van der Waals surface area contributed by atoms with E-state index in [4.69, 9.17) is 9.15 Å². The zero-order valence-corrected chi connectivity index (χ0v) is 14.4. The van der Waals surface area contributed by atoms with Crippen LogP contribution < -0.4 is 10.4 Å². The van der Waals surface area contributed by atoms with Gasteiger partial charge in [0.25, 0.3) is 5.69 Å². The second-order valence-electron chi connectivity index (χ2n) is 5.79. The molecular formula is C20H15NO6. The summed E-state index contributed by atoms with van der Waals surface area (Å²) >= 11 is 0. The predicted octanol–water partition coefficient (Wildman–Crippen LogP) is 3.67. The monoisotopic (exact) mass is 365 g/mol. The molecule has 0 bridgehead atoms. The molecule has 0 fully saturated rings. The first kappa shape index (κ1) is 18.1. The molecule has 0 aliphatic carbocycles. The average molecular weight is 365 g/mol. The molecule has 0 unspecified atom stereocenters. The number of non-ortho nitro benzene ring substituents is 1. The Hall–Kier alpha value is -3.74. The largest absolute Gasteiger partial charge is 0.493 e. The molecule has 3 rings (SSSR count). The van der Waals surface area contributed by atoms with Crippen molar-refractivity contribution < 1.29 is 18.9 Å². The fourth-order valence-electron chi connectivity index (χ4n) is 2.75. The van der Waals surface area contributed by atoms with Gasteiger partial charge in [0.15, 0.2) is 17.1 Å². The van der Waals surface area contributed by atoms with Crippen LogP contribution in [-0.4, -0.2) is 17.8 Å². The van der Waals surface area contributed by atoms with Gasteiger partial charge in [-0.25, -0.2) is 4.79 Å². The lowest BCUT2D eigenvalue weighted by Crippen LogP contribution is -2.15. The Labute approximate surface area is 153 Å². The van der Waals surface area contributed by atoms with E-state index in [2.05, 4.69) is 6.58 Å². The highest BCUT2D eigenvalue weighted by Gasteiger charge is 2.18. The third-order valence-corrected chi connectivity index (χ3v) is 4.04. The van der Waals surface area contributed by atoms with Gasteiger partial charge in [0.05, 0.1) is 12.0 Å². The summed E-state index contributed by atoms with van der Waals surface area (Å²) < 4.78 is 10.6. The van der Waals surface area contributed by atoms with Gasteiger partial charge >= 0.3 is 5.63 Å². The number of methoxy groups -OCH3 is 1. The number of fused-ring (bicyclic) bond motifs is 1. The maximum atomic E-state index is 12.7. The van der Waals surface area contributed by atoms with E-state index in [-0.39, 0.29) is 22.4 Å². The highest BCUT2D eigenvalue weighted by atomic mass is 16.6. The Balaban J connectivity index is 2.12. The van der Waals surface area contributed by atoms with E-state index >= 15 is 0 Å². The Morgan fingerprint density at radius 3 is 2.56 bits per heavy atom. The molecule has 0 saturated heterocycles. The minimum absolute atomic E-state index is 0.143. The molecule has 0 spiro atoms. The van der Waals surface area contributed by atoms with Crippen LogP contribution in [0.1, 0.15) is 21.5 Å². The molecule has 0 atom stereocenters. The van der Waals surface area contributed by atoms with Crippen molar-refractivity contribution in [3.05, 3.63) is 92.3 Å². The number of nitro groups is 1. The predicted molar refractivity (Wildman–Crippen MR) is 99.5 cm³/mol. The fourth-order valence-corrected chi connectivity index (χ4v) is 2.75. The standard InChI is InChI=1S/C20H15NO6/c1-3-4-12-9-14-11-16(20(23)27-19(14)17(10-12)26-2)18(22)13-5-7-15(8-6-13)21(24)25/h3,5-11H,1,4H2,2H3. The lowest BCUT2D eigenvalue weighted by molar-refractivity contribution is -0.384. The summed E-state index contributed by atoms with van der Waals surface area (Å²) in [6, 6.07) is 10.00. The van der Waals surface area contributed by atoms with Gasteiger partial charge in [0.1, 0.15) is 5.56 Å². The minimum atomic E-state index is -0.805. The first-order valence-electron chi connectivity index (χ1n) is 7.99. The fraction of sp³-hybridized carbons (Fsp3) is 0.100. The highest BCUT2D eigenvalue weighted by Crippen LogP contribution is 2.28. The van der Waals surface area contributed by atoms with Gasteiger partial charge < -0.3 is 9.15 Å². The number of hydrogen-bond acceptors (Lipinski definition) is 6.